The van der Waals surface area contributed by atoms with Gasteiger partial charge in [-0.05, 0) is 32.7 Å². The molecule has 0 aromatic carbocycles. The fourth-order valence-corrected chi connectivity index (χ4v) is 4.79. The highest BCUT2D eigenvalue weighted by Crippen LogP contribution is 2.33. The number of thiazole rings is 1. The zero-order valence-electron chi connectivity index (χ0n) is 15.2. The average molecular weight is 366 g/mol. The van der Waals surface area contributed by atoms with Crippen molar-refractivity contribution >= 4 is 28.3 Å². The lowest BCUT2D eigenvalue weighted by molar-refractivity contribution is -0.140. The van der Waals surface area contributed by atoms with Crippen LogP contribution in [0.3, 0.4) is 0 Å². The summed E-state index contributed by atoms with van der Waals surface area (Å²) in [5.74, 6) is 0.714. The van der Waals surface area contributed by atoms with Crippen LogP contribution in [0.2, 0.25) is 0 Å². The van der Waals surface area contributed by atoms with Crippen molar-refractivity contribution in [3.05, 3.63) is 10.6 Å². The van der Waals surface area contributed by atoms with Gasteiger partial charge in [0.05, 0.1) is 5.69 Å². The van der Waals surface area contributed by atoms with Gasteiger partial charge >= 0.3 is 0 Å². The zero-order valence-corrected chi connectivity index (χ0v) is 16.0. The summed E-state index contributed by atoms with van der Waals surface area (Å²) in [6.45, 7) is 4.89. The molecule has 3 heterocycles. The van der Waals surface area contributed by atoms with Crippen LogP contribution >= 0.6 is 11.3 Å². The van der Waals surface area contributed by atoms with Gasteiger partial charge in [-0.3, -0.25) is 9.59 Å². The summed E-state index contributed by atoms with van der Waals surface area (Å²) in [6, 6.07) is 0.272. The summed E-state index contributed by atoms with van der Waals surface area (Å²) in [5, 5.41) is 6.91. The smallest absolute Gasteiger partial charge is 0.265 e. The van der Waals surface area contributed by atoms with Gasteiger partial charge in [-0.2, -0.15) is 0 Å². The first-order valence-electron chi connectivity index (χ1n) is 8.93. The van der Waals surface area contributed by atoms with E-state index in [-0.39, 0.29) is 17.9 Å². The fraction of sp³-hybridized carbons (Fsp3) is 0.706. The van der Waals surface area contributed by atoms with Crippen LogP contribution in [0.5, 0.6) is 0 Å². The Hall–Kier alpha value is -1.67. The third-order valence-corrected chi connectivity index (χ3v) is 6.40. The van der Waals surface area contributed by atoms with E-state index in [2.05, 4.69) is 15.6 Å². The number of hydrogen-bond donors (Lipinski definition) is 2. The molecule has 0 bridgehead atoms. The molecule has 1 aromatic heterocycles. The lowest BCUT2D eigenvalue weighted by Gasteiger charge is -2.47. The van der Waals surface area contributed by atoms with E-state index in [1.54, 1.807) is 0 Å². The van der Waals surface area contributed by atoms with Gasteiger partial charge in [0.15, 0.2) is 5.13 Å². The fourth-order valence-electron chi connectivity index (χ4n) is 3.90. The van der Waals surface area contributed by atoms with E-state index in [1.807, 2.05) is 30.8 Å². The standard InChI is InChI=1S/C17H27N5O2S/c1-11-15(25-17(19-3)20-11)16(24)21-8-6-13-12(10-21)4-5-14(23)22(13)9-7-18-2/h12-13,18H,4-10H2,1-3H3,(H,19,20)/t12-,13+/m0/s1. The third kappa shape index (κ3) is 3.64. The zero-order chi connectivity index (χ0) is 18.0. The number of carbonyl (C=O) groups excluding carboxylic acids is 2. The third-order valence-electron chi connectivity index (χ3n) is 5.24. The molecule has 2 amide bonds. The maximum absolute atomic E-state index is 12.9. The maximum atomic E-state index is 12.9. The van der Waals surface area contributed by atoms with Crippen molar-refractivity contribution in [3.63, 3.8) is 0 Å². The van der Waals surface area contributed by atoms with Gasteiger partial charge in [0.1, 0.15) is 4.88 Å². The van der Waals surface area contributed by atoms with Crippen LogP contribution in [0.25, 0.3) is 0 Å². The molecule has 25 heavy (non-hydrogen) atoms. The second-order valence-corrected chi connectivity index (χ2v) is 7.78. The van der Waals surface area contributed by atoms with E-state index >= 15 is 0 Å². The molecular weight excluding hydrogens is 338 g/mol. The van der Waals surface area contributed by atoms with E-state index in [1.165, 1.54) is 11.3 Å². The van der Waals surface area contributed by atoms with Gasteiger partial charge < -0.3 is 20.4 Å². The number of piperidine rings is 2. The number of rotatable bonds is 5. The second kappa shape index (κ2) is 7.70. The van der Waals surface area contributed by atoms with Gasteiger partial charge in [0.25, 0.3) is 5.91 Å². The minimum atomic E-state index is 0.0774. The number of fused-ring (bicyclic) bond motifs is 1. The Morgan fingerprint density at radius 2 is 2.16 bits per heavy atom. The van der Waals surface area contributed by atoms with Crippen LogP contribution in [0, 0.1) is 12.8 Å². The number of likely N-dealkylation sites (tertiary alicyclic amines) is 2. The SMILES string of the molecule is CNCCN1C(=O)CC[C@H]2CN(C(=O)c3sc(NC)nc3C)CC[C@H]21. The summed E-state index contributed by atoms with van der Waals surface area (Å²) in [6.07, 6.45) is 2.34. The molecule has 0 unspecified atom stereocenters. The molecule has 1 aromatic rings. The van der Waals surface area contributed by atoms with Crippen LogP contribution in [0.4, 0.5) is 5.13 Å². The van der Waals surface area contributed by atoms with Crippen molar-refractivity contribution in [3.8, 4) is 0 Å². The Balaban J connectivity index is 1.69. The average Bonchev–Trinajstić information content (AvgIpc) is 3.01. The van der Waals surface area contributed by atoms with Crippen molar-refractivity contribution in [1.29, 1.82) is 0 Å². The molecule has 8 heteroatoms. The number of nitrogens with one attached hydrogen (secondary N) is 2. The van der Waals surface area contributed by atoms with Gasteiger partial charge in [-0.25, -0.2) is 4.98 Å². The number of carbonyl (C=O) groups is 2. The van der Waals surface area contributed by atoms with E-state index in [4.69, 9.17) is 0 Å². The van der Waals surface area contributed by atoms with Crippen molar-refractivity contribution in [1.82, 2.24) is 20.1 Å². The van der Waals surface area contributed by atoms with E-state index < -0.39 is 0 Å². The number of aromatic nitrogens is 1. The molecule has 2 saturated heterocycles. The number of hydrogen-bond acceptors (Lipinski definition) is 6. The second-order valence-electron chi connectivity index (χ2n) is 6.78. The lowest BCUT2D eigenvalue weighted by atomic mass is 9.83. The molecule has 2 aliphatic heterocycles. The lowest BCUT2D eigenvalue weighted by Crippen LogP contribution is -2.57. The Morgan fingerprint density at radius 3 is 2.84 bits per heavy atom. The Kier molecular flexibility index (Phi) is 5.58. The van der Waals surface area contributed by atoms with E-state index in [9.17, 15) is 9.59 Å². The first-order chi connectivity index (χ1) is 12.0. The van der Waals surface area contributed by atoms with Crippen molar-refractivity contribution in [2.24, 2.45) is 5.92 Å². The number of nitrogens with zero attached hydrogens (tertiary/aromatic N) is 3. The van der Waals surface area contributed by atoms with Gasteiger partial charge in [-0.15, -0.1) is 0 Å². The molecule has 138 valence electrons. The minimum Gasteiger partial charge on any atom is -0.365 e. The monoisotopic (exact) mass is 365 g/mol. The largest absolute Gasteiger partial charge is 0.365 e. The molecule has 0 aliphatic carbocycles. The molecule has 0 radical (unpaired) electrons. The van der Waals surface area contributed by atoms with Crippen LogP contribution in [0.1, 0.15) is 34.6 Å². The number of anilines is 1. The highest BCUT2D eigenvalue weighted by Gasteiger charge is 2.40. The Morgan fingerprint density at radius 1 is 1.36 bits per heavy atom. The number of likely N-dealkylation sites (N-methyl/N-ethyl adjacent to an activating group) is 1. The summed E-state index contributed by atoms with van der Waals surface area (Å²) in [4.78, 5) is 34.3. The number of amides is 2. The predicted octanol–water partition coefficient (Wildman–Crippen LogP) is 1.17. The number of aryl methyl sites for hydroxylation is 1. The molecule has 0 spiro atoms. The quantitative estimate of drug-likeness (QED) is 0.819. The summed E-state index contributed by atoms with van der Waals surface area (Å²) in [7, 11) is 3.72. The molecule has 2 N–H and O–H groups in total. The summed E-state index contributed by atoms with van der Waals surface area (Å²) in [5.41, 5.74) is 0.788. The highest BCUT2D eigenvalue weighted by molar-refractivity contribution is 7.17. The topological polar surface area (TPSA) is 77.6 Å². The maximum Gasteiger partial charge on any atom is 0.265 e. The summed E-state index contributed by atoms with van der Waals surface area (Å²) >= 11 is 1.42. The van der Waals surface area contributed by atoms with Crippen LogP contribution < -0.4 is 10.6 Å². The van der Waals surface area contributed by atoms with Crippen LogP contribution in [-0.2, 0) is 4.79 Å². The minimum absolute atomic E-state index is 0.0774. The van der Waals surface area contributed by atoms with Gasteiger partial charge in [0.2, 0.25) is 5.91 Å². The molecule has 2 atom stereocenters. The van der Waals surface area contributed by atoms with E-state index in [0.717, 1.165) is 48.2 Å². The first kappa shape index (κ1) is 18.1. The van der Waals surface area contributed by atoms with E-state index in [0.29, 0.717) is 18.9 Å². The molecule has 3 rings (SSSR count). The van der Waals surface area contributed by atoms with Crippen molar-refractivity contribution < 1.29 is 9.59 Å². The normalized spacial score (nSPS) is 23.6. The molecule has 2 aliphatic rings. The Labute approximate surface area is 152 Å². The van der Waals surface area contributed by atoms with Crippen LogP contribution in [0.15, 0.2) is 0 Å². The molecule has 0 saturated carbocycles. The highest BCUT2D eigenvalue weighted by atomic mass is 32.1. The predicted molar refractivity (Wildman–Crippen MR) is 99.1 cm³/mol. The Bertz CT molecular complexity index is 647. The van der Waals surface area contributed by atoms with Crippen molar-refractivity contribution in [2.75, 3.05) is 45.6 Å². The summed E-state index contributed by atoms with van der Waals surface area (Å²) < 4.78 is 0. The first-order valence-corrected chi connectivity index (χ1v) is 9.75. The van der Waals surface area contributed by atoms with Crippen LogP contribution in [-0.4, -0.2) is 72.9 Å². The van der Waals surface area contributed by atoms with Gasteiger partial charge in [0, 0.05) is 45.7 Å². The van der Waals surface area contributed by atoms with Gasteiger partial charge in [-0.1, -0.05) is 11.3 Å². The van der Waals surface area contributed by atoms with Crippen molar-refractivity contribution in [2.45, 2.75) is 32.2 Å². The molecular formula is C17H27N5O2S. The molecule has 7 nitrogen and oxygen atoms in total. The molecule has 2 fully saturated rings.